The van der Waals surface area contributed by atoms with E-state index in [2.05, 4.69) is 0 Å². The number of phenols is 1. The quantitative estimate of drug-likeness (QED) is 0.232. The van der Waals surface area contributed by atoms with Gasteiger partial charge in [-0.25, -0.2) is 0 Å². The van der Waals surface area contributed by atoms with Crippen molar-refractivity contribution in [1.82, 2.24) is 4.90 Å². The number of benzene rings is 2. The van der Waals surface area contributed by atoms with E-state index in [1.807, 2.05) is 6.07 Å². The Morgan fingerprint density at radius 2 is 2.00 bits per heavy atom. The van der Waals surface area contributed by atoms with E-state index in [1.54, 1.807) is 30.3 Å². The highest BCUT2D eigenvalue weighted by Gasteiger charge is 2.24. The lowest BCUT2D eigenvalue weighted by Gasteiger charge is -2.17. The Labute approximate surface area is 170 Å². The first-order chi connectivity index (χ1) is 13.8. The summed E-state index contributed by atoms with van der Waals surface area (Å²) in [5.41, 5.74) is -1.66. The van der Waals surface area contributed by atoms with Crippen molar-refractivity contribution >= 4 is 29.0 Å². The minimum atomic E-state index is -0.904. The molecular formula is C19H16ClN3O6. The number of likely N-dealkylation sites (N-methyl/N-ethyl adjacent to an activating group) is 1. The Kier molecular flexibility index (Phi) is 7.00. The predicted molar refractivity (Wildman–Crippen MR) is 105 cm³/mol. The largest absolute Gasteiger partial charge is 0.506 e. The van der Waals surface area contributed by atoms with Crippen molar-refractivity contribution in [2.45, 2.75) is 0 Å². The van der Waals surface area contributed by atoms with Crippen LogP contribution in [0.2, 0.25) is 5.02 Å². The number of phenolic OH excluding ortho intramolecular Hbond substituents is 1. The molecule has 0 heterocycles. The number of ether oxygens (including phenoxy) is 1. The topological polar surface area (TPSA) is 137 Å². The van der Waals surface area contributed by atoms with E-state index in [0.29, 0.717) is 5.75 Å². The zero-order valence-electron chi connectivity index (χ0n) is 15.2. The average molecular weight is 418 g/mol. The Morgan fingerprint density at radius 3 is 2.59 bits per heavy atom. The molecular weight excluding hydrogens is 402 g/mol. The number of nitrogens with zero attached hydrogens (tertiary/aromatic N) is 3. The SMILES string of the molecule is CN(CCOc1ccccc1)C(=O)/C(C#N)=C(\O)c1cc(Cl)c(O)c([N+](=O)[O-])c1. The highest BCUT2D eigenvalue weighted by molar-refractivity contribution is 6.32. The van der Waals surface area contributed by atoms with Gasteiger partial charge in [0.05, 0.1) is 16.5 Å². The zero-order valence-corrected chi connectivity index (χ0v) is 16.0. The summed E-state index contributed by atoms with van der Waals surface area (Å²) in [5.74, 6) is -1.78. The summed E-state index contributed by atoms with van der Waals surface area (Å²) in [6.45, 7) is 0.255. The zero-order chi connectivity index (χ0) is 21.6. The first-order valence-electron chi connectivity index (χ1n) is 8.20. The molecule has 2 N–H and O–H groups in total. The molecule has 10 heteroatoms. The van der Waals surface area contributed by atoms with Gasteiger partial charge in [-0.1, -0.05) is 29.8 Å². The number of halogens is 1. The van der Waals surface area contributed by atoms with Gasteiger partial charge in [0.2, 0.25) is 5.75 Å². The minimum Gasteiger partial charge on any atom is -0.506 e. The fourth-order valence-corrected chi connectivity index (χ4v) is 2.53. The molecule has 2 aromatic carbocycles. The molecule has 0 atom stereocenters. The summed E-state index contributed by atoms with van der Waals surface area (Å²) >= 11 is 5.74. The maximum atomic E-state index is 12.5. The van der Waals surface area contributed by atoms with Crippen LogP contribution in [0.3, 0.4) is 0 Å². The van der Waals surface area contributed by atoms with Crippen molar-refractivity contribution < 1.29 is 24.7 Å². The second-order valence-electron chi connectivity index (χ2n) is 5.81. The number of amides is 1. The van der Waals surface area contributed by atoms with Crippen LogP contribution in [0.25, 0.3) is 5.76 Å². The van der Waals surface area contributed by atoms with E-state index in [1.165, 1.54) is 7.05 Å². The third kappa shape index (κ3) is 5.15. The number of aliphatic hydroxyl groups is 1. The second kappa shape index (κ2) is 9.43. The number of nitro groups is 1. The molecule has 0 aliphatic heterocycles. The molecule has 0 saturated carbocycles. The number of aromatic hydroxyl groups is 1. The minimum absolute atomic E-state index is 0.114. The van der Waals surface area contributed by atoms with Crippen LogP contribution < -0.4 is 4.74 Å². The molecule has 0 fully saturated rings. The van der Waals surface area contributed by atoms with Crippen LogP contribution in [0.1, 0.15) is 5.56 Å². The van der Waals surface area contributed by atoms with E-state index in [9.17, 15) is 30.4 Å². The molecule has 29 heavy (non-hydrogen) atoms. The van der Waals surface area contributed by atoms with Crippen LogP contribution in [0.15, 0.2) is 48.0 Å². The molecule has 0 unspecified atom stereocenters. The van der Waals surface area contributed by atoms with E-state index in [4.69, 9.17) is 16.3 Å². The number of nitriles is 1. The first kappa shape index (κ1) is 21.5. The standard InChI is InChI=1S/C19H16ClN3O6/c1-22(7-8-29-13-5-3-2-4-6-13)19(26)14(11-21)17(24)12-9-15(20)18(25)16(10-12)23(27)28/h2-6,9-10,24-25H,7-8H2,1H3/b17-14-. The summed E-state index contributed by atoms with van der Waals surface area (Å²) in [6, 6.07) is 12.3. The van der Waals surface area contributed by atoms with Crippen LogP contribution in [0.5, 0.6) is 11.5 Å². The number of carbonyl (C=O) groups is 1. The normalized spacial score (nSPS) is 11.2. The van der Waals surface area contributed by atoms with Crippen LogP contribution >= 0.6 is 11.6 Å². The van der Waals surface area contributed by atoms with E-state index >= 15 is 0 Å². The van der Waals surface area contributed by atoms with E-state index < -0.39 is 38.6 Å². The third-order valence-electron chi connectivity index (χ3n) is 3.86. The number of para-hydroxylation sites is 1. The van der Waals surface area contributed by atoms with E-state index in [0.717, 1.165) is 17.0 Å². The van der Waals surface area contributed by atoms with Crippen molar-refractivity contribution in [3.05, 3.63) is 68.7 Å². The number of nitro benzene ring substituents is 1. The van der Waals surface area contributed by atoms with Gasteiger partial charge >= 0.3 is 5.69 Å². The molecule has 0 aliphatic carbocycles. The molecule has 1 amide bonds. The maximum Gasteiger partial charge on any atom is 0.313 e. The highest BCUT2D eigenvalue weighted by atomic mass is 35.5. The van der Waals surface area contributed by atoms with Gasteiger partial charge in [0.25, 0.3) is 5.91 Å². The summed E-state index contributed by atoms with van der Waals surface area (Å²) < 4.78 is 5.48. The van der Waals surface area contributed by atoms with Crippen LogP contribution in [0, 0.1) is 21.4 Å². The number of aliphatic hydroxyl groups excluding tert-OH is 1. The number of hydrogen-bond acceptors (Lipinski definition) is 7. The van der Waals surface area contributed by atoms with Crippen LogP contribution in [-0.4, -0.2) is 46.1 Å². The van der Waals surface area contributed by atoms with Crippen molar-refractivity contribution in [3.8, 4) is 17.6 Å². The van der Waals surface area contributed by atoms with Gasteiger partial charge in [0.15, 0.2) is 5.57 Å². The summed E-state index contributed by atoms with van der Waals surface area (Å²) in [4.78, 5) is 23.8. The van der Waals surface area contributed by atoms with Gasteiger partial charge in [-0.3, -0.25) is 14.9 Å². The van der Waals surface area contributed by atoms with Crippen molar-refractivity contribution in [1.29, 1.82) is 5.26 Å². The second-order valence-corrected chi connectivity index (χ2v) is 6.21. The predicted octanol–water partition coefficient (Wildman–Crippen LogP) is 3.28. The van der Waals surface area contributed by atoms with Crippen LogP contribution in [-0.2, 0) is 4.79 Å². The van der Waals surface area contributed by atoms with Gasteiger partial charge < -0.3 is 19.8 Å². The molecule has 0 saturated heterocycles. The molecule has 0 bridgehead atoms. The molecule has 0 aliphatic rings. The van der Waals surface area contributed by atoms with E-state index in [-0.39, 0.29) is 18.7 Å². The molecule has 0 radical (unpaired) electrons. The number of hydrogen-bond donors (Lipinski definition) is 2. The Hall–Kier alpha value is -3.77. The van der Waals surface area contributed by atoms with Gasteiger partial charge in [-0.2, -0.15) is 5.26 Å². The van der Waals surface area contributed by atoms with Gasteiger partial charge in [-0.15, -0.1) is 0 Å². The lowest BCUT2D eigenvalue weighted by Crippen LogP contribution is -2.32. The molecule has 9 nitrogen and oxygen atoms in total. The smallest absolute Gasteiger partial charge is 0.313 e. The summed E-state index contributed by atoms with van der Waals surface area (Å²) in [6.07, 6.45) is 0. The number of rotatable bonds is 7. The monoisotopic (exact) mass is 417 g/mol. The Morgan fingerprint density at radius 1 is 1.34 bits per heavy atom. The molecule has 150 valence electrons. The fourth-order valence-electron chi connectivity index (χ4n) is 2.32. The average Bonchev–Trinajstić information content (AvgIpc) is 2.70. The lowest BCUT2D eigenvalue weighted by atomic mass is 10.1. The molecule has 2 aromatic rings. The Balaban J connectivity index is 2.21. The first-order valence-corrected chi connectivity index (χ1v) is 8.58. The third-order valence-corrected chi connectivity index (χ3v) is 4.15. The van der Waals surface area contributed by atoms with Gasteiger partial charge in [0, 0.05) is 18.7 Å². The number of carbonyl (C=O) groups excluding carboxylic acids is 1. The summed E-state index contributed by atoms with van der Waals surface area (Å²) in [5, 5.41) is 39.9. The van der Waals surface area contributed by atoms with Crippen molar-refractivity contribution in [2.24, 2.45) is 0 Å². The van der Waals surface area contributed by atoms with Crippen molar-refractivity contribution in [2.75, 3.05) is 20.2 Å². The molecule has 0 spiro atoms. The molecule has 2 rings (SSSR count). The summed E-state index contributed by atoms with van der Waals surface area (Å²) in [7, 11) is 1.41. The van der Waals surface area contributed by atoms with Gasteiger partial charge in [0.1, 0.15) is 24.2 Å². The fraction of sp³-hybridized carbons (Fsp3) is 0.158. The highest BCUT2D eigenvalue weighted by Crippen LogP contribution is 2.36. The maximum absolute atomic E-state index is 12.5. The Bertz CT molecular complexity index is 1000. The van der Waals surface area contributed by atoms with Crippen molar-refractivity contribution in [3.63, 3.8) is 0 Å². The molecule has 0 aromatic heterocycles. The van der Waals surface area contributed by atoms with Crippen LogP contribution in [0.4, 0.5) is 5.69 Å². The van der Waals surface area contributed by atoms with Gasteiger partial charge in [-0.05, 0) is 18.2 Å². The lowest BCUT2D eigenvalue weighted by molar-refractivity contribution is -0.385.